The molecule has 132 valence electrons. The Hall–Kier alpha value is -1.85. The molecule has 5 heteroatoms. The average Bonchev–Trinajstić information content (AvgIpc) is 3.17. The van der Waals surface area contributed by atoms with Crippen LogP contribution in [-0.2, 0) is 14.9 Å². The lowest BCUT2D eigenvalue weighted by molar-refractivity contribution is -0.138. The van der Waals surface area contributed by atoms with Gasteiger partial charge in [0.2, 0.25) is 0 Å². The lowest BCUT2D eigenvalue weighted by Gasteiger charge is -2.51. The molecule has 25 heavy (non-hydrogen) atoms. The summed E-state index contributed by atoms with van der Waals surface area (Å²) in [5, 5.41) is 14.0. The fraction of sp³-hybridized carbons (Fsp3) is 0.550. The quantitative estimate of drug-likeness (QED) is 0.805. The number of ether oxygens (including phenoxy) is 1. The zero-order valence-electron chi connectivity index (χ0n) is 14.7. The van der Waals surface area contributed by atoms with Crippen LogP contribution in [0.25, 0.3) is 0 Å². The Kier molecular flexibility index (Phi) is 3.13. The van der Waals surface area contributed by atoms with Crippen LogP contribution in [0.1, 0.15) is 25.3 Å². The Morgan fingerprint density at radius 2 is 2.24 bits per heavy atom. The number of anilines is 1. The predicted molar refractivity (Wildman–Crippen MR) is 94.0 cm³/mol. The first-order valence-corrected chi connectivity index (χ1v) is 9.19. The molecule has 1 unspecified atom stereocenters. The summed E-state index contributed by atoms with van der Waals surface area (Å²) in [7, 11) is 1.46. The smallest absolute Gasteiger partial charge is 0.335 e. The van der Waals surface area contributed by atoms with E-state index in [4.69, 9.17) is 4.74 Å². The number of hydrogen-bond donors (Lipinski definition) is 2. The molecule has 5 nitrogen and oxygen atoms in total. The van der Waals surface area contributed by atoms with Crippen LogP contribution >= 0.6 is 0 Å². The van der Waals surface area contributed by atoms with E-state index in [0.717, 1.165) is 42.9 Å². The molecule has 1 aliphatic carbocycles. The fourth-order valence-electron chi connectivity index (χ4n) is 5.98. The van der Waals surface area contributed by atoms with Gasteiger partial charge in [0.1, 0.15) is 0 Å². The van der Waals surface area contributed by atoms with Gasteiger partial charge < -0.3 is 15.2 Å². The standard InChI is InChI=1S/C20H24N2O3/c1-11(23)13-10-22-8-7-20-14-5-3-4-6-15(14)21-18(20)17(19(24)25-2)12(13)9-16(20)22/h3-6,11-13,16,21,23H,7-10H2,1-2H3/t11?,12-,13-,16-,20+/m0/s1. The number of aliphatic hydroxyl groups is 1. The summed E-state index contributed by atoms with van der Waals surface area (Å²) >= 11 is 0. The molecule has 3 aliphatic heterocycles. The molecule has 2 saturated heterocycles. The van der Waals surface area contributed by atoms with Gasteiger partial charge in [-0.25, -0.2) is 4.79 Å². The van der Waals surface area contributed by atoms with Crippen LogP contribution in [0.4, 0.5) is 5.69 Å². The predicted octanol–water partition coefficient (Wildman–Crippen LogP) is 1.88. The van der Waals surface area contributed by atoms with Crippen LogP contribution in [0, 0.1) is 11.8 Å². The highest BCUT2D eigenvalue weighted by atomic mass is 16.5. The number of fused-ring (bicyclic) bond motifs is 2. The minimum absolute atomic E-state index is 0.0525. The maximum absolute atomic E-state index is 12.8. The topological polar surface area (TPSA) is 61.8 Å². The molecule has 5 rings (SSSR count). The minimum atomic E-state index is -0.442. The molecule has 3 heterocycles. The van der Waals surface area contributed by atoms with Crippen molar-refractivity contribution in [1.82, 2.24) is 4.90 Å². The molecule has 0 aromatic heterocycles. The fourth-order valence-corrected chi connectivity index (χ4v) is 5.98. The molecule has 2 fully saturated rings. The maximum Gasteiger partial charge on any atom is 0.335 e. The maximum atomic E-state index is 12.8. The monoisotopic (exact) mass is 340 g/mol. The number of nitrogens with zero attached hydrogens (tertiary/aromatic N) is 1. The van der Waals surface area contributed by atoms with Crippen molar-refractivity contribution < 1.29 is 14.6 Å². The van der Waals surface area contributed by atoms with Crippen LogP contribution in [0.5, 0.6) is 0 Å². The molecule has 1 aromatic rings. The van der Waals surface area contributed by atoms with Gasteiger partial charge >= 0.3 is 5.97 Å². The number of methoxy groups -OCH3 is 1. The molecule has 4 aliphatic rings. The number of piperidine rings is 1. The summed E-state index contributed by atoms with van der Waals surface area (Å²) < 4.78 is 5.19. The van der Waals surface area contributed by atoms with E-state index in [1.807, 2.05) is 13.0 Å². The molecule has 1 spiro atoms. The number of aliphatic hydroxyl groups excluding tert-OH is 1. The van der Waals surface area contributed by atoms with Crippen molar-refractivity contribution in [2.45, 2.75) is 37.3 Å². The highest BCUT2D eigenvalue weighted by molar-refractivity contribution is 5.93. The third-order valence-electron chi connectivity index (χ3n) is 7.02. The van der Waals surface area contributed by atoms with Crippen molar-refractivity contribution >= 4 is 11.7 Å². The van der Waals surface area contributed by atoms with Crippen LogP contribution in [0.2, 0.25) is 0 Å². The molecular formula is C20H24N2O3. The van der Waals surface area contributed by atoms with Crippen molar-refractivity contribution in [1.29, 1.82) is 0 Å². The molecule has 0 radical (unpaired) electrons. The number of hydrogen-bond acceptors (Lipinski definition) is 5. The lowest BCUT2D eigenvalue weighted by Crippen LogP contribution is -2.57. The Labute approximate surface area is 147 Å². The second-order valence-electron chi connectivity index (χ2n) is 7.93. The first-order valence-electron chi connectivity index (χ1n) is 9.19. The van der Waals surface area contributed by atoms with Crippen LogP contribution in [-0.4, -0.2) is 48.3 Å². The molecule has 2 bridgehead atoms. The number of esters is 1. The van der Waals surface area contributed by atoms with E-state index >= 15 is 0 Å². The molecule has 0 saturated carbocycles. The van der Waals surface area contributed by atoms with E-state index < -0.39 is 6.10 Å². The zero-order chi connectivity index (χ0) is 17.3. The van der Waals surface area contributed by atoms with Gasteiger partial charge in [-0.05, 0) is 37.9 Å². The van der Waals surface area contributed by atoms with Gasteiger partial charge in [-0.15, -0.1) is 0 Å². The number of nitrogens with one attached hydrogen (secondary N) is 1. The SMILES string of the molecule is COC(=O)C1=C2Nc3ccccc3[C@@]23CCN2C[C@@H](C(C)O)[C@@H]1C[C@H]23. The third-order valence-corrected chi connectivity index (χ3v) is 7.02. The second kappa shape index (κ2) is 5.08. The number of rotatable bonds is 2. The Balaban J connectivity index is 1.78. The lowest BCUT2D eigenvalue weighted by atomic mass is 9.60. The van der Waals surface area contributed by atoms with Crippen LogP contribution in [0.15, 0.2) is 35.5 Å². The number of carbonyl (C=O) groups is 1. The largest absolute Gasteiger partial charge is 0.466 e. The second-order valence-corrected chi connectivity index (χ2v) is 7.93. The Bertz CT molecular complexity index is 787. The normalized spacial score (nSPS) is 36.5. The summed E-state index contributed by atoms with van der Waals surface area (Å²) in [5.74, 6) is -0.125. The molecule has 2 N–H and O–H groups in total. The van der Waals surface area contributed by atoms with Gasteiger partial charge in [-0.2, -0.15) is 0 Å². The highest BCUT2D eigenvalue weighted by Gasteiger charge is 2.63. The van der Waals surface area contributed by atoms with Gasteiger partial charge in [0.25, 0.3) is 0 Å². The van der Waals surface area contributed by atoms with E-state index in [9.17, 15) is 9.90 Å². The van der Waals surface area contributed by atoms with E-state index in [2.05, 4.69) is 28.4 Å². The third kappa shape index (κ3) is 1.78. The van der Waals surface area contributed by atoms with Gasteiger partial charge in [-0.3, -0.25) is 4.90 Å². The first kappa shape index (κ1) is 15.4. The van der Waals surface area contributed by atoms with Gasteiger partial charge in [0.15, 0.2) is 0 Å². The Morgan fingerprint density at radius 1 is 1.44 bits per heavy atom. The van der Waals surface area contributed by atoms with Crippen molar-refractivity contribution in [3.05, 3.63) is 41.1 Å². The van der Waals surface area contributed by atoms with E-state index in [0.29, 0.717) is 6.04 Å². The van der Waals surface area contributed by atoms with Crippen LogP contribution < -0.4 is 5.32 Å². The van der Waals surface area contributed by atoms with Crippen LogP contribution in [0.3, 0.4) is 0 Å². The van der Waals surface area contributed by atoms with Crippen molar-refractivity contribution in [3.63, 3.8) is 0 Å². The average molecular weight is 340 g/mol. The Morgan fingerprint density at radius 3 is 3.00 bits per heavy atom. The number of benzene rings is 1. The van der Waals surface area contributed by atoms with Crippen molar-refractivity contribution in [2.75, 3.05) is 25.5 Å². The summed E-state index contributed by atoms with van der Waals surface area (Å²) in [5.41, 5.74) is 4.10. The van der Waals surface area contributed by atoms with Crippen molar-refractivity contribution in [2.24, 2.45) is 11.8 Å². The molecular weight excluding hydrogens is 316 g/mol. The summed E-state index contributed by atoms with van der Waals surface area (Å²) in [6.45, 7) is 3.71. The number of para-hydroxylation sites is 1. The van der Waals surface area contributed by atoms with Crippen molar-refractivity contribution in [3.8, 4) is 0 Å². The van der Waals surface area contributed by atoms with E-state index in [1.165, 1.54) is 12.7 Å². The minimum Gasteiger partial charge on any atom is -0.466 e. The summed E-state index contributed by atoms with van der Waals surface area (Å²) in [6.07, 6.45) is 1.49. The van der Waals surface area contributed by atoms with Gasteiger partial charge in [-0.1, -0.05) is 18.2 Å². The van der Waals surface area contributed by atoms with Gasteiger partial charge in [0, 0.05) is 35.8 Å². The zero-order valence-corrected chi connectivity index (χ0v) is 14.7. The van der Waals surface area contributed by atoms with Gasteiger partial charge in [0.05, 0.1) is 24.2 Å². The first-order chi connectivity index (χ1) is 12.1. The summed E-state index contributed by atoms with van der Waals surface area (Å²) in [4.78, 5) is 15.3. The molecule has 0 amide bonds. The van der Waals surface area contributed by atoms with E-state index in [-0.39, 0.29) is 23.2 Å². The molecule has 5 atom stereocenters. The summed E-state index contributed by atoms with van der Waals surface area (Å²) in [6, 6.07) is 8.83. The number of carbonyl (C=O) groups excluding carboxylic acids is 1. The molecule has 1 aromatic carbocycles. The highest BCUT2D eigenvalue weighted by Crippen LogP contribution is 2.61. The van der Waals surface area contributed by atoms with E-state index in [1.54, 1.807) is 0 Å².